The molecule has 0 aliphatic carbocycles. The number of aliphatic hydroxyl groups excluding tert-OH is 1. The molecule has 0 bridgehead atoms. The zero-order chi connectivity index (χ0) is 12.1. The Labute approximate surface area is 103 Å². The van der Waals surface area contributed by atoms with Gasteiger partial charge < -0.3 is 5.11 Å². The van der Waals surface area contributed by atoms with Crippen LogP contribution in [0.25, 0.3) is 0 Å². The predicted octanol–water partition coefficient (Wildman–Crippen LogP) is 3.59. The van der Waals surface area contributed by atoms with E-state index >= 15 is 0 Å². The first-order valence-corrected chi connectivity index (χ1v) is 6.11. The van der Waals surface area contributed by atoms with Gasteiger partial charge in [-0.25, -0.2) is 0 Å². The van der Waals surface area contributed by atoms with E-state index in [4.69, 9.17) is 0 Å². The minimum absolute atomic E-state index is 0.0717. The van der Waals surface area contributed by atoms with Crippen LogP contribution in [0.5, 0.6) is 0 Å². The highest BCUT2D eigenvalue weighted by Gasteiger charge is 2.20. The largest absolute Gasteiger partial charge is 0.392 e. The van der Waals surface area contributed by atoms with Gasteiger partial charge in [-0.1, -0.05) is 67.6 Å². The standard InChI is InChI=1S/C16H18O/c1-2-15(17)16(13-9-5-3-6-10-13)14-11-7-4-8-12-14/h3-12,15-17H,2H2,1H3/t15-/m1/s1. The Morgan fingerprint density at radius 3 is 1.59 bits per heavy atom. The third-order valence-electron chi connectivity index (χ3n) is 3.12. The second-order valence-electron chi connectivity index (χ2n) is 4.27. The molecular formula is C16H18O. The van der Waals surface area contributed by atoms with Crippen LogP contribution in [-0.4, -0.2) is 11.2 Å². The lowest BCUT2D eigenvalue weighted by atomic mass is 9.86. The molecule has 0 unspecified atom stereocenters. The van der Waals surface area contributed by atoms with Crippen molar-refractivity contribution in [3.63, 3.8) is 0 Å². The van der Waals surface area contributed by atoms with Gasteiger partial charge in [0.15, 0.2) is 0 Å². The van der Waals surface area contributed by atoms with Crippen molar-refractivity contribution in [3.05, 3.63) is 71.8 Å². The van der Waals surface area contributed by atoms with E-state index in [1.54, 1.807) is 0 Å². The summed E-state index contributed by atoms with van der Waals surface area (Å²) in [6.07, 6.45) is 0.425. The van der Waals surface area contributed by atoms with E-state index in [0.29, 0.717) is 0 Å². The molecular weight excluding hydrogens is 208 g/mol. The number of rotatable bonds is 4. The molecule has 0 saturated carbocycles. The van der Waals surface area contributed by atoms with Gasteiger partial charge in [0.25, 0.3) is 0 Å². The summed E-state index contributed by atoms with van der Waals surface area (Å²) in [6, 6.07) is 20.4. The minimum atomic E-state index is -0.334. The monoisotopic (exact) mass is 226 g/mol. The summed E-state index contributed by atoms with van der Waals surface area (Å²) in [5, 5.41) is 10.2. The van der Waals surface area contributed by atoms with E-state index in [9.17, 15) is 5.11 Å². The quantitative estimate of drug-likeness (QED) is 0.844. The van der Waals surface area contributed by atoms with Crippen molar-refractivity contribution in [2.24, 2.45) is 0 Å². The fourth-order valence-corrected chi connectivity index (χ4v) is 2.19. The van der Waals surface area contributed by atoms with Crippen LogP contribution in [0.4, 0.5) is 0 Å². The highest BCUT2D eigenvalue weighted by molar-refractivity contribution is 5.33. The van der Waals surface area contributed by atoms with Crippen LogP contribution >= 0.6 is 0 Å². The van der Waals surface area contributed by atoms with Gasteiger partial charge in [0, 0.05) is 5.92 Å². The second kappa shape index (κ2) is 5.65. The summed E-state index contributed by atoms with van der Waals surface area (Å²) >= 11 is 0. The summed E-state index contributed by atoms with van der Waals surface area (Å²) in [4.78, 5) is 0. The molecule has 2 aromatic carbocycles. The Morgan fingerprint density at radius 1 is 0.824 bits per heavy atom. The smallest absolute Gasteiger partial charge is 0.0646 e. The normalized spacial score (nSPS) is 12.6. The van der Waals surface area contributed by atoms with Crippen molar-refractivity contribution in [1.29, 1.82) is 0 Å². The third-order valence-corrected chi connectivity index (χ3v) is 3.12. The Hall–Kier alpha value is -1.60. The zero-order valence-corrected chi connectivity index (χ0v) is 10.1. The Bertz CT molecular complexity index is 396. The van der Waals surface area contributed by atoms with Crippen molar-refractivity contribution in [1.82, 2.24) is 0 Å². The molecule has 88 valence electrons. The summed E-state index contributed by atoms with van der Waals surface area (Å²) in [5.41, 5.74) is 2.35. The predicted molar refractivity (Wildman–Crippen MR) is 71.0 cm³/mol. The lowest BCUT2D eigenvalue weighted by Gasteiger charge is -2.23. The minimum Gasteiger partial charge on any atom is -0.392 e. The Morgan fingerprint density at radius 2 is 1.24 bits per heavy atom. The van der Waals surface area contributed by atoms with Crippen LogP contribution in [0.15, 0.2) is 60.7 Å². The third kappa shape index (κ3) is 2.75. The molecule has 1 atom stereocenters. The van der Waals surface area contributed by atoms with Crippen LogP contribution in [0.3, 0.4) is 0 Å². The van der Waals surface area contributed by atoms with E-state index in [-0.39, 0.29) is 12.0 Å². The average Bonchev–Trinajstić information content (AvgIpc) is 2.41. The van der Waals surface area contributed by atoms with E-state index in [2.05, 4.69) is 24.3 Å². The zero-order valence-electron chi connectivity index (χ0n) is 10.1. The topological polar surface area (TPSA) is 20.2 Å². The SMILES string of the molecule is CC[C@@H](O)C(c1ccccc1)c1ccccc1. The van der Waals surface area contributed by atoms with Gasteiger partial charge in [-0.05, 0) is 17.5 Å². The second-order valence-corrected chi connectivity index (χ2v) is 4.27. The fraction of sp³-hybridized carbons (Fsp3) is 0.250. The molecule has 0 aliphatic heterocycles. The number of aliphatic hydroxyl groups is 1. The van der Waals surface area contributed by atoms with E-state index in [1.165, 1.54) is 11.1 Å². The molecule has 0 heterocycles. The van der Waals surface area contributed by atoms with Crippen molar-refractivity contribution >= 4 is 0 Å². The molecule has 1 N–H and O–H groups in total. The number of hydrogen-bond acceptors (Lipinski definition) is 1. The van der Waals surface area contributed by atoms with Crippen LogP contribution < -0.4 is 0 Å². The molecule has 1 heteroatoms. The van der Waals surface area contributed by atoms with Gasteiger partial charge in [0.05, 0.1) is 6.10 Å². The molecule has 2 aromatic rings. The van der Waals surface area contributed by atoms with E-state index < -0.39 is 0 Å². The lowest BCUT2D eigenvalue weighted by Crippen LogP contribution is -2.18. The summed E-state index contributed by atoms with van der Waals surface area (Å²) in [5.74, 6) is 0.0717. The summed E-state index contributed by atoms with van der Waals surface area (Å²) in [6.45, 7) is 2.02. The molecule has 0 aliphatic rings. The lowest BCUT2D eigenvalue weighted by molar-refractivity contribution is 0.152. The van der Waals surface area contributed by atoms with Gasteiger partial charge >= 0.3 is 0 Å². The molecule has 0 spiro atoms. The Kier molecular flexibility index (Phi) is 3.94. The van der Waals surface area contributed by atoms with E-state index in [1.807, 2.05) is 43.3 Å². The molecule has 17 heavy (non-hydrogen) atoms. The summed E-state index contributed by atoms with van der Waals surface area (Å²) < 4.78 is 0. The first-order chi connectivity index (χ1) is 8.33. The maximum atomic E-state index is 10.2. The number of benzene rings is 2. The van der Waals surface area contributed by atoms with Crippen LogP contribution in [-0.2, 0) is 0 Å². The van der Waals surface area contributed by atoms with Crippen molar-refractivity contribution < 1.29 is 5.11 Å². The van der Waals surface area contributed by atoms with E-state index in [0.717, 1.165) is 6.42 Å². The van der Waals surface area contributed by atoms with Crippen LogP contribution in [0.1, 0.15) is 30.4 Å². The van der Waals surface area contributed by atoms with Gasteiger partial charge in [-0.15, -0.1) is 0 Å². The fourth-order valence-electron chi connectivity index (χ4n) is 2.19. The average molecular weight is 226 g/mol. The number of hydrogen-bond donors (Lipinski definition) is 1. The van der Waals surface area contributed by atoms with Gasteiger partial charge in [0.2, 0.25) is 0 Å². The van der Waals surface area contributed by atoms with Crippen LogP contribution in [0.2, 0.25) is 0 Å². The van der Waals surface area contributed by atoms with Gasteiger partial charge in [-0.3, -0.25) is 0 Å². The highest BCUT2D eigenvalue weighted by atomic mass is 16.3. The Balaban J connectivity index is 2.39. The van der Waals surface area contributed by atoms with Crippen LogP contribution in [0, 0.1) is 0 Å². The highest BCUT2D eigenvalue weighted by Crippen LogP contribution is 2.29. The molecule has 0 radical (unpaired) electrons. The molecule has 0 fully saturated rings. The maximum Gasteiger partial charge on any atom is 0.0646 e. The van der Waals surface area contributed by atoms with Crippen molar-refractivity contribution in [2.75, 3.05) is 0 Å². The van der Waals surface area contributed by atoms with Gasteiger partial charge in [-0.2, -0.15) is 0 Å². The van der Waals surface area contributed by atoms with Gasteiger partial charge in [0.1, 0.15) is 0 Å². The molecule has 2 rings (SSSR count). The first kappa shape index (κ1) is 11.9. The summed E-state index contributed by atoms with van der Waals surface area (Å²) in [7, 11) is 0. The maximum absolute atomic E-state index is 10.2. The first-order valence-electron chi connectivity index (χ1n) is 6.11. The van der Waals surface area contributed by atoms with Crippen molar-refractivity contribution in [2.45, 2.75) is 25.4 Å². The van der Waals surface area contributed by atoms with Crippen molar-refractivity contribution in [3.8, 4) is 0 Å². The molecule has 1 nitrogen and oxygen atoms in total. The molecule has 0 amide bonds. The molecule has 0 aromatic heterocycles. The molecule has 0 saturated heterocycles.